The number of rotatable bonds is 8. The smallest absolute Gasteiger partial charge is 0.282 e. The summed E-state index contributed by atoms with van der Waals surface area (Å²) in [5.41, 5.74) is 2.05. The molecule has 0 heterocycles. The summed E-state index contributed by atoms with van der Waals surface area (Å²) in [6.45, 7) is 2.42. The van der Waals surface area contributed by atoms with Gasteiger partial charge in [-0.05, 0) is 43.8 Å². The number of hydrogen-bond acceptors (Lipinski definition) is 5. The average molecular weight is 371 g/mol. The van der Waals surface area contributed by atoms with Gasteiger partial charge in [0.15, 0.2) is 0 Å². The molecular formula is C20H25N3O4. The summed E-state index contributed by atoms with van der Waals surface area (Å²) in [5, 5.41) is 14.0. The Bertz CT molecular complexity index is 803. The van der Waals surface area contributed by atoms with Gasteiger partial charge in [0, 0.05) is 12.6 Å². The molecule has 0 aromatic heterocycles. The predicted molar refractivity (Wildman–Crippen MR) is 104 cm³/mol. The highest BCUT2D eigenvalue weighted by molar-refractivity contribution is 5.98. The number of ether oxygens (including phenoxy) is 1. The second-order valence-corrected chi connectivity index (χ2v) is 6.42. The van der Waals surface area contributed by atoms with Crippen molar-refractivity contribution in [2.24, 2.45) is 0 Å². The van der Waals surface area contributed by atoms with Crippen LogP contribution in [0.4, 0.5) is 5.69 Å². The molecule has 0 radical (unpaired) electrons. The van der Waals surface area contributed by atoms with Gasteiger partial charge in [0.2, 0.25) is 0 Å². The summed E-state index contributed by atoms with van der Waals surface area (Å²) in [7, 11) is 5.31. The van der Waals surface area contributed by atoms with Crippen molar-refractivity contribution in [3.8, 4) is 5.75 Å². The Kier molecular flexibility index (Phi) is 6.90. The zero-order valence-electron chi connectivity index (χ0n) is 16.1. The molecule has 0 fully saturated rings. The molecule has 1 unspecified atom stereocenters. The lowest BCUT2D eigenvalue weighted by Gasteiger charge is -2.25. The predicted octanol–water partition coefficient (Wildman–Crippen LogP) is 3.20. The van der Waals surface area contributed by atoms with Crippen LogP contribution in [-0.4, -0.2) is 43.5 Å². The Morgan fingerprint density at radius 2 is 1.89 bits per heavy atom. The van der Waals surface area contributed by atoms with Gasteiger partial charge in [-0.2, -0.15) is 0 Å². The number of nitro benzene ring substituents is 1. The summed E-state index contributed by atoms with van der Waals surface area (Å²) in [6.07, 6.45) is 0.961. The Labute approximate surface area is 159 Å². The number of carbonyl (C=O) groups is 1. The fraction of sp³-hybridized carbons (Fsp3) is 0.350. The second kappa shape index (κ2) is 9.14. The number of nitrogens with zero attached hydrogens (tertiary/aromatic N) is 2. The van der Waals surface area contributed by atoms with Crippen LogP contribution in [0.2, 0.25) is 0 Å². The summed E-state index contributed by atoms with van der Waals surface area (Å²) >= 11 is 0. The number of nitrogens with one attached hydrogen (secondary N) is 1. The van der Waals surface area contributed by atoms with Crippen LogP contribution in [0.5, 0.6) is 5.75 Å². The van der Waals surface area contributed by atoms with Crippen molar-refractivity contribution in [2.75, 3.05) is 27.7 Å². The van der Waals surface area contributed by atoms with Crippen LogP contribution in [0.1, 0.15) is 34.5 Å². The summed E-state index contributed by atoms with van der Waals surface area (Å²) in [5.74, 6) is -0.109. The fourth-order valence-corrected chi connectivity index (χ4v) is 2.84. The molecule has 0 saturated carbocycles. The van der Waals surface area contributed by atoms with Crippen LogP contribution in [-0.2, 0) is 6.42 Å². The lowest BCUT2D eigenvalue weighted by atomic mass is 10.0. The van der Waals surface area contributed by atoms with Crippen LogP contribution >= 0.6 is 0 Å². The number of nitro groups is 1. The first-order chi connectivity index (χ1) is 12.9. The van der Waals surface area contributed by atoms with E-state index < -0.39 is 10.8 Å². The number of hydrogen-bond donors (Lipinski definition) is 1. The molecule has 1 atom stereocenters. The number of amides is 1. The summed E-state index contributed by atoms with van der Waals surface area (Å²) in [6, 6.07) is 12.3. The maximum Gasteiger partial charge on any atom is 0.282 e. The first kappa shape index (κ1) is 20.4. The van der Waals surface area contributed by atoms with Gasteiger partial charge in [-0.1, -0.05) is 31.2 Å². The highest BCUT2D eigenvalue weighted by Gasteiger charge is 2.22. The number of aryl methyl sites for hydroxylation is 1. The molecule has 0 aliphatic heterocycles. The van der Waals surface area contributed by atoms with E-state index in [4.69, 9.17) is 4.74 Å². The maximum absolute atomic E-state index is 12.6. The lowest BCUT2D eigenvalue weighted by Crippen LogP contribution is -2.34. The van der Waals surface area contributed by atoms with E-state index in [-0.39, 0.29) is 17.3 Å². The topological polar surface area (TPSA) is 84.7 Å². The van der Waals surface area contributed by atoms with Crippen molar-refractivity contribution >= 4 is 11.6 Å². The third-order valence-electron chi connectivity index (χ3n) is 4.50. The minimum atomic E-state index is -0.568. The molecule has 1 N–H and O–H groups in total. The number of methoxy groups -OCH3 is 1. The SMILES string of the molecule is CCc1ccc(C(CNC(=O)c2cc(OC)ccc2[N+](=O)[O-])N(C)C)cc1. The molecule has 0 aliphatic rings. The molecule has 144 valence electrons. The molecule has 2 aromatic rings. The summed E-state index contributed by atoms with van der Waals surface area (Å²) < 4.78 is 5.08. The second-order valence-electron chi connectivity index (χ2n) is 6.42. The zero-order chi connectivity index (χ0) is 20.0. The van der Waals surface area contributed by atoms with Gasteiger partial charge in [0.25, 0.3) is 11.6 Å². The number of carbonyl (C=O) groups excluding carboxylic acids is 1. The molecular weight excluding hydrogens is 346 g/mol. The average Bonchev–Trinajstić information content (AvgIpc) is 2.67. The van der Waals surface area contributed by atoms with Gasteiger partial charge in [-0.3, -0.25) is 14.9 Å². The summed E-state index contributed by atoms with van der Waals surface area (Å²) in [4.78, 5) is 25.3. The zero-order valence-corrected chi connectivity index (χ0v) is 16.1. The van der Waals surface area contributed by atoms with E-state index in [1.54, 1.807) is 0 Å². The van der Waals surface area contributed by atoms with Crippen LogP contribution in [0, 0.1) is 10.1 Å². The highest BCUT2D eigenvalue weighted by Crippen LogP contribution is 2.24. The van der Waals surface area contributed by atoms with E-state index >= 15 is 0 Å². The van der Waals surface area contributed by atoms with Gasteiger partial charge < -0.3 is 15.0 Å². The molecule has 2 aromatic carbocycles. The minimum Gasteiger partial charge on any atom is -0.497 e. The van der Waals surface area contributed by atoms with Crippen molar-refractivity contribution in [3.63, 3.8) is 0 Å². The number of benzene rings is 2. The van der Waals surface area contributed by atoms with Gasteiger partial charge in [-0.15, -0.1) is 0 Å². The molecule has 7 heteroatoms. The highest BCUT2D eigenvalue weighted by atomic mass is 16.6. The number of likely N-dealkylation sites (N-methyl/N-ethyl adjacent to an activating group) is 1. The van der Waals surface area contributed by atoms with Crippen molar-refractivity contribution in [1.29, 1.82) is 0 Å². The van der Waals surface area contributed by atoms with Crippen molar-refractivity contribution in [1.82, 2.24) is 10.2 Å². The van der Waals surface area contributed by atoms with Crippen molar-refractivity contribution < 1.29 is 14.5 Å². The van der Waals surface area contributed by atoms with E-state index in [0.717, 1.165) is 12.0 Å². The van der Waals surface area contributed by atoms with Crippen LogP contribution in [0.15, 0.2) is 42.5 Å². The first-order valence-electron chi connectivity index (χ1n) is 8.73. The van der Waals surface area contributed by atoms with Crippen LogP contribution in [0.3, 0.4) is 0 Å². The van der Waals surface area contributed by atoms with Gasteiger partial charge in [0.1, 0.15) is 11.3 Å². The normalized spacial score (nSPS) is 11.9. The largest absolute Gasteiger partial charge is 0.497 e. The Hall–Kier alpha value is -2.93. The van der Waals surface area contributed by atoms with E-state index in [2.05, 4.69) is 24.4 Å². The third kappa shape index (κ3) is 5.04. The third-order valence-corrected chi connectivity index (χ3v) is 4.50. The first-order valence-corrected chi connectivity index (χ1v) is 8.73. The Morgan fingerprint density at radius 3 is 2.41 bits per heavy atom. The minimum absolute atomic E-state index is 0.0156. The molecule has 1 amide bonds. The van der Waals surface area contributed by atoms with Crippen LogP contribution in [0.25, 0.3) is 0 Å². The Balaban J connectivity index is 2.19. The van der Waals surface area contributed by atoms with E-state index in [1.807, 2.05) is 31.1 Å². The van der Waals surface area contributed by atoms with Crippen molar-refractivity contribution in [2.45, 2.75) is 19.4 Å². The molecule has 2 rings (SSSR count). The monoisotopic (exact) mass is 371 g/mol. The van der Waals surface area contributed by atoms with Gasteiger partial charge >= 0.3 is 0 Å². The molecule has 7 nitrogen and oxygen atoms in total. The van der Waals surface area contributed by atoms with E-state index in [1.165, 1.54) is 30.9 Å². The molecule has 0 spiro atoms. The standard InChI is InChI=1S/C20H25N3O4/c1-5-14-6-8-15(9-7-14)19(22(2)3)13-21-20(24)17-12-16(27-4)10-11-18(17)23(25)26/h6-12,19H,5,13H2,1-4H3,(H,21,24). The fourth-order valence-electron chi connectivity index (χ4n) is 2.84. The molecule has 0 saturated heterocycles. The molecule has 0 aliphatic carbocycles. The Morgan fingerprint density at radius 1 is 1.22 bits per heavy atom. The van der Waals surface area contributed by atoms with Crippen molar-refractivity contribution in [3.05, 3.63) is 69.3 Å². The van der Waals surface area contributed by atoms with E-state index in [9.17, 15) is 14.9 Å². The maximum atomic E-state index is 12.6. The molecule has 27 heavy (non-hydrogen) atoms. The van der Waals surface area contributed by atoms with Gasteiger partial charge in [0.05, 0.1) is 18.1 Å². The molecule has 0 bridgehead atoms. The lowest BCUT2D eigenvalue weighted by molar-refractivity contribution is -0.385. The van der Waals surface area contributed by atoms with Gasteiger partial charge in [-0.25, -0.2) is 0 Å². The quantitative estimate of drug-likeness (QED) is 0.569. The van der Waals surface area contributed by atoms with E-state index in [0.29, 0.717) is 12.3 Å². The van der Waals surface area contributed by atoms with Crippen LogP contribution < -0.4 is 10.1 Å².